The Labute approximate surface area is 192 Å². The van der Waals surface area contributed by atoms with Crippen molar-refractivity contribution in [3.05, 3.63) is 83.9 Å². The Balaban J connectivity index is 1.63. The molecule has 0 aliphatic rings. The number of H-pyrrole nitrogens is 1. The Morgan fingerprint density at radius 2 is 1.70 bits per heavy atom. The minimum Gasteiger partial charge on any atom is -0.489 e. The summed E-state index contributed by atoms with van der Waals surface area (Å²) in [6.07, 6.45) is 0. The lowest BCUT2D eigenvalue weighted by atomic mass is 10.1. The molecule has 1 atom stereocenters. The average Bonchev–Trinajstić information content (AvgIpc) is 3.28. The highest BCUT2D eigenvalue weighted by molar-refractivity contribution is 7.65. The second-order valence-corrected chi connectivity index (χ2v) is 9.98. The predicted octanol–water partition coefficient (Wildman–Crippen LogP) is 5.29. The molecule has 1 unspecified atom stereocenters. The zero-order valence-electron chi connectivity index (χ0n) is 18.6. The molecule has 0 bridgehead atoms. The summed E-state index contributed by atoms with van der Waals surface area (Å²) in [7, 11) is -1.76. The number of nitrogens with one attached hydrogen (secondary N) is 1. The molecular weight excluding hydrogens is 439 g/mol. The van der Waals surface area contributed by atoms with Crippen LogP contribution in [0, 0.1) is 6.92 Å². The molecule has 170 valence electrons. The highest BCUT2D eigenvalue weighted by Crippen LogP contribution is 2.36. The van der Waals surface area contributed by atoms with Crippen LogP contribution in [0.1, 0.15) is 11.1 Å². The summed E-state index contributed by atoms with van der Waals surface area (Å²) in [5, 5.41) is 7.44. The number of benzene rings is 3. The van der Waals surface area contributed by atoms with Crippen LogP contribution in [-0.4, -0.2) is 28.9 Å². The lowest BCUT2D eigenvalue weighted by Crippen LogP contribution is -2.02. The molecule has 0 aliphatic heterocycles. The second kappa shape index (κ2) is 9.53. The van der Waals surface area contributed by atoms with E-state index in [2.05, 4.69) is 10.2 Å². The zero-order chi connectivity index (χ0) is 23.4. The van der Waals surface area contributed by atoms with Gasteiger partial charge in [0.25, 0.3) is 0 Å². The number of aromatic nitrogens is 2. The van der Waals surface area contributed by atoms with Gasteiger partial charge in [-0.3, -0.25) is 9.66 Å². The van der Waals surface area contributed by atoms with E-state index in [9.17, 15) is 9.46 Å². The van der Waals surface area contributed by atoms with Gasteiger partial charge in [-0.1, -0.05) is 24.3 Å². The minimum atomic E-state index is -3.32. The first kappa shape index (κ1) is 22.6. The van der Waals surface area contributed by atoms with Crippen molar-refractivity contribution < 1.29 is 23.7 Å². The van der Waals surface area contributed by atoms with Crippen LogP contribution in [0.5, 0.6) is 23.1 Å². The van der Waals surface area contributed by atoms with Crippen LogP contribution in [0.2, 0.25) is 0 Å². The van der Waals surface area contributed by atoms with Crippen LogP contribution in [-0.2, 0) is 11.2 Å². The van der Waals surface area contributed by atoms with Crippen molar-refractivity contribution in [1.29, 1.82) is 0 Å². The number of hydrogen-bond donors (Lipinski definition) is 2. The number of methoxy groups -OCH3 is 1. The summed E-state index contributed by atoms with van der Waals surface area (Å²) in [6, 6.07) is 21.9. The zero-order valence-corrected chi connectivity index (χ0v) is 19.5. The summed E-state index contributed by atoms with van der Waals surface area (Å²) in [5.41, 5.74) is 3.81. The van der Waals surface area contributed by atoms with E-state index in [-0.39, 0.29) is 0 Å². The van der Waals surface area contributed by atoms with Crippen molar-refractivity contribution in [2.75, 3.05) is 13.8 Å². The SMILES string of the molecule is COc1cc(-c2cc(OCc3ccccc3C)cc(Oc3ccc(P(C)(=O)O)cc3)c2)[nH]n1. The van der Waals surface area contributed by atoms with E-state index < -0.39 is 7.37 Å². The van der Waals surface area contributed by atoms with Crippen LogP contribution >= 0.6 is 7.37 Å². The summed E-state index contributed by atoms with van der Waals surface area (Å²) in [5.74, 6) is 2.19. The normalized spacial score (nSPS) is 12.7. The highest BCUT2D eigenvalue weighted by atomic mass is 31.2. The first-order chi connectivity index (χ1) is 15.8. The van der Waals surface area contributed by atoms with Crippen molar-refractivity contribution >= 4 is 12.7 Å². The van der Waals surface area contributed by atoms with Crippen molar-refractivity contribution in [1.82, 2.24) is 10.2 Å². The van der Waals surface area contributed by atoms with Gasteiger partial charge in [-0.2, -0.15) is 0 Å². The first-order valence-corrected chi connectivity index (χ1v) is 12.4. The molecule has 1 heterocycles. The van der Waals surface area contributed by atoms with Gasteiger partial charge in [0.15, 0.2) is 0 Å². The van der Waals surface area contributed by atoms with Gasteiger partial charge in [0.1, 0.15) is 23.9 Å². The van der Waals surface area contributed by atoms with Gasteiger partial charge in [-0.05, 0) is 54.4 Å². The summed E-state index contributed by atoms with van der Waals surface area (Å²) in [6.45, 7) is 3.77. The van der Waals surface area contributed by atoms with E-state index in [4.69, 9.17) is 14.2 Å². The van der Waals surface area contributed by atoms with Crippen LogP contribution in [0.15, 0.2) is 72.8 Å². The molecule has 2 N–H and O–H groups in total. The molecule has 0 fully saturated rings. The topological polar surface area (TPSA) is 93.7 Å². The Morgan fingerprint density at radius 1 is 0.970 bits per heavy atom. The number of aromatic amines is 1. The molecule has 0 saturated heterocycles. The van der Waals surface area contributed by atoms with Crippen LogP contribution in [0.25, 0.3) is 11.3 Å². The number of nitrogens with zero attached hydrogens (tertiary/aromatic N) is 1. The third kappa shape index (κ3) is 5.64. The van der Waals surface area contributed by atoms with E-state index in [1.165, 1.54) is 6.66 Å². The van der Waals surface area contributed by atoms with Crippen LogP contribution < -0.4 is 19.5 Å². The molecule has 0 radical (unpaired) electrons. The molecule has 33 heavy (non-hydrogen) atoms. The van der Waals surface area contributed by atoms with Crippen LogP contribution in [0.3, 0.4) is 0 Å². The van der Waals surface area contributed by atoms with Gasteiger partial charge >= 0.3 is 0 Å². The molecule has 0 aliphatic carbocycles. The minimum absolute atomic E-state index is 0.371. The Morgan fingerprint density at radius 3 is 2.36 bits per heavy atom. The Kier molecular flexibility index (Phi) is 6.54. The van der Waals surface area contributed by atoms with E-state index in [0.717, 1.165) is 22.4 Å². The molecule has 4 rings (SSSR count). The number of rotatable bonds is 8. The smallest absolute Gasteiger partial charge is 0.232 e. The van der Waals surface area contributed by atoms with Crippen LogP contribution in [0.4, 0.5) is 0 Å². The molecule has 0 amide bonds. The van der Waals surface area contributed by atoms with E-state index >= 15 is 0 Å². The van der Waals surface area contributed by atoms with Gasteiger partial charge in [0.05, 0.1) is 12.8 Å². The molecule has 0 saturated carbocycles. The van der Waals surface area contributed by atoms with Gasteiger partial charge in [0.2, 0.25) is 13.2 Å². The second-order valence-electron chi connectivity index (χ2n) is 7.71. The van der Waals surface area contributed by atoms with E-state index in [1.807, 2.05) is 43.3 Å². The standard InChI is InChI=1S/C25H25N2O5P/c1-17-6-4-5-7-18(17)16-31-21-12-19(24-15-25(30-2)27-26-24)13-22(14-21)32-20-8-10-23(11-9-20)33(3,28)29/h4-15H,16H2,1-3H3,(H,26,27)(H,28,29). The molecular formula is C25H25N2O5P. The lowest BCUT2D eigenvalue weighted by molar-refractivity contribution is 0.304. The summed E-state index contributed by atoms with van der Waals surface area (Å²) in [4.78, 5) is 9.74. The Bertz CT molecular complexity index is 1290. The van der Waals surface area contributed by atoms with Gasteiger partial charge in [-0.25, -0.2) is 0 Å². The maximum absolute atomic E-state index is 11.9. The fraction of sp³-hybridized carbons (Fsp3) is 0.160. The van der Waals surface area contributed by atoms with E-state index in [1.54, 1.807) is 43.5 Å². The molecule has 3 aromatic carbocycles. The highest BCUT2D eigenvalue weighted by Gasteiger charge is 2.14. The molecule has 1 aromatic heterocycles. The summed E-state index contributed by atoms with van der Waals surface area (Å²) < 4.78 is 29.2. The number of aryl methyl sites for hydroxylation is 1. The fourth-order valence-electron chi connectivity index (χ4n) is 3.29. The van der Waals surface area contributed by atoms with E-state index in [0.29, 0.717) is 35.0 Å². The van der Waals surface area contributed by atoms with Crippen molar-refractivity contribution in [2.24, 2.45) is 0 Å². The predicted molar refractivity (Wildman–Crippen MR) is 128 cm³/mol. The first-order valence-electron chi connectivity index (χ1n) is 10.3. The maximum Gasteiger partial charge on any atom is 0.232 e. The molecule has 8 heteroatoms. The number of ether oxygens (including phenoxy) is 3. The third-order valence-corrected chi connectivity index (χ3v) is 6.42. The van der Waals surface area contributed by atoms with Gasteiger partial charge in [0, 0.05) is 29.7 Å². The molecule has 7 nitrogen and oxygen atoms in total. The van der Waals surface area contributed by atoms with Crippen molar-refractivity contribution in [2.45, 2.75) is 13.5 Å². The largest absolute Gasteiger partial charge is 0.489 e. The fourth-order valence-corrected chi connectivity index (χ4v) is 3.99. The summed E-state index contributed by atoms with van der Waals surface area (Å²) >= 11 is 0. The quantitative estimate of drug-likeness (QED) is 0.344. The molecule has 4 aromatic rings. The van der Waals surface area contributed by atoms with Crippen molar-refractivity contribution in [3.63, 3.8) is 0 Å². The molecule has 0 spiro atoms. The lowest BCUT2D eigenvalue weighted by Gasteiger charge is -2.13. The Hall–Kier alpha value is -3.54. The third-order valence-electron chi connectivity index (χ3n) is 5.16. The average molecular weight is 464 g/mol. The maximum atomic E-state index is 11.9. The monoisotopic (exact) mass is 464 g/mol. The number of hydrogen-bond acceptors (Lipinski definition) is 5. The van der Waals surface area contributed by atoms with Gasteiger partial charge < -0.3 is 19.1 Å². The van der Waals surface area contributed by atoms with Crippen molar-refractivity contribution in [3.8, 4) is 34.4 Å². The van der Waals surface area contributed by atoms with Gasteiger partial charge in [-0.15, -0.1) is 5.10 Å².